The lowest BCUT2D eigenvalue weighted by Crippen LogP contribution is -2.41. The molecule has 2 heterocycles. The second-order valence-corrected chi connectivity index (χ2v) is 7.86. The van der Waals surface area contributed by atoms with Crippen molar-refractivity contribution in [3.63, 3.8) is 0 Å². The predicted molar refractivity (Wildman–Crippen MR) is 101 cm³/mol. The Kier molecular flexibility index (Phi) is 5.30. The summed E-state index contributed by atoms with van der Waals surface area (Å²) in [6.07, 6.45) is 3.60. The Morgan fingerprint density at radius 2 is 2.33 bits per heavy atom. The van der Waals surface area contributed by atoms with Gasteiger partial charge in [0, 0.05) is 33.4 Å². The molecular formula is C18H23ClN2O2S. The molecule has 0 bridgehead atoms. The normalized spacial score (nSPS) is 18.5. The number of hydrogen-bond acceptors (Lipinski definition) is 3. The fourth-order valence-electron chi connectivity index (χ4n) is 3.42. The van der Waals surface area contributed by atoms with E-state index >= 15 is 0 Å². The average molecular weight is 367 g/mol. The topological polar surface area (TPSA) is 45.3 Å². The third-order valence-corrected chi connectivity index (χ3v) is 5.91. The summed E-state index contributed by atoms with van der Waals surface area (Å²) >= 11 is 8.00. The quantitative estimate of drug-likeness (QED) is 0.826. The molecular weight excluding hydrogens is 344 g/mol. The highest BCUT2D eigenvalue weighted by Crippen LogP contribution is 2.39. The third-order valence-electron chi connectivity index (χ3n) is 4.67. The zero-order chi connectivity index (χ0) is 17.3. The number of ether oxygens (including phenoxy) is 1. The molecule has 0 spiro atoms. The Hall–Kier alpha value is -1.33. The zero-order valence-electron chi connectivity index (χ0n) is 14.3. The summed E-state index contributed by atoms with van der Waals surface area (Å²) in [4.78, 5) is 17.8. The fraction of sp³-hybridized carbons (Fsp3) is 0.500. The Morgan fingerprint density at radius 1 is 1.54 bits per heavy atom. The van der Waals surface area contributed by atoms with Gasteiger partial charge in [0.2, 0.25) is 0 Å². The van der Waals surface area contributed by atoms with Crippen LogP contribution in [0.25, 0.3) is 10.9 Å². The van der Waals surface area contributed by atoms with E-state index in [1.807, 2.05) is 41.8 Å². The molecule has 1 aromatic heterocycles. The van der Waals surface area contributed by atoms with Gasteiger partial charge in [-0.25, -0.2) is 4.79 Å². The summed E-state index contributed by atoms with van der Waals surface area (Å²) in [5, 5.41) is 2.36. The highest BCUT2D eigenvalue weighted by atomic mass is 35.5. The fourth-order valence-corrected chi connectivity index (χ4v) is 3.97. The van der Waals surface area contributed by atoms with E-state index in [1.54, 1.807) is 0 Å². The van der Waals surface area contributed by atoms with Gasteiger partial charge in [-0.3, -0.25) is 4.90 Å². The number of halogens is 1. The van der Waals surface area contributed by atoms with Crippen LogP contribution in [0.4, 0.5) is 4.79 Å². The van der Waals surface area contributed by atoms with E-state index in [0.717, 1.165) is 29.1 Å². The first-order valence-electron chi connectivity index (χ1n) is 8.31. The number of aromatic amines is 1. The van der Waals surface area contributed by atoms with Crippen LogP contribution in [0.15, 0.2) is 18.2 Å². The number of H-pyrrole nitrogens is 1. The maximum absolute atomic E-state index is 12.4. The van der Waals surface area contributed by atoms with Gasteiger partial charge in [-0.1, -0.05) is 18.5 Å². The van der Waals surface area contributed by atoms with Gasteiger partial charge in [-0.15, -0.1) is 0 Å². The minimum atomic E-state index is -0.224. The van der Waals surface area contributed by atoms with Crippen LogP contribution >= 0.6 is 23.4 Å². The SMILES string of the molecule is CCOC(=O)N1CCc2c([nH]c3ccc(Cl)cc23)C1CC(C)SC. The lowest BCUT2D eigenvalue weighted by molar-refractivity contribution is 0.0839. The number of nitrogens with zero attached hydrogens (tertiary/aromatic N) is 1. The second-order valence-electron chi connectivity index (χ2n) is 6.15. The number of hydrogen-bond donors (Lipinski definition) is 1. The van der Waals surface area contributed by atoms with Crippen LogP contribution in [-0.4, -0.2) is 40.6 Å². The van der Waals surface area contributed by atoms with Crippen molar-refractivity contribution >= 4 is 40.4 Å². The Bertz CT molecular complexity index is 746. The molecule has 0 saturated heterocycles. The number of rotatable bonds is 4. The van der Waals surface area contributed by atoms with Crippen LogP contribution < -0.4 is 0 Å². The average Bonchev–Trinajstić information content (AvgIpc) is 2.93. The van der Waals surface area contributed by atoms with E-state index in [0.29, 0.717) is 18.4 Å². The molecule has 6 heteroatoms. The lowest BCUT2D eigenvalue weighted by Gasteiger charge is -2.36. The lowest BCUT2D eigenvalue weighted by atomic mass is 9.95. The van der Waals surface area contributed by atoms with Crippen molar-refractivity contribution in [2.75, 3.05) is 19.4 Å². The van der Waals surface area contributed by atoms with Crippen molar-refractivity contribution in [3.8, 4) is 0 Å². The van der Waals surface area contributed by atoms with Crippen molar-refractivity contribution in [2.45, 2.75) is 38.0 Å². The molecule has 0 aliphatic carbocycles. The molecule has 24 heavy (non-hydrogen) atoms. The van der Waals surface area contributed by atoms with Crippen molar-refractivity contribution in [2.24, 2.45) is 0 Å². The molecule has 2 unspecified atom stereocenters. The number of thioether (sulfide) groups is 1. The minimum absolute atomic E-state index is 0.0152. The molecule has 1 amide bonds. The van der Waals surface area contributed by atoms with Crippen molar-refractivity contribution in [1.29, 1.82) is 0 Å². The number of carbonyl (C=O) groups excluding carboxylic acids is 1. The van der Waals surface area contributed by atoms with E-state index in [4.69, 9.17) is 16.3 Å². The second kappa shape index (κ2) is 7.28. The molecule has 2 atom stereocenters. The molecule has 1 aromatic carbocycles. The van der Waals surface area contributed by atoms with E-state index in [-0.39, 0.29) is 12.1 Å². The Balaban J connectivity index is 2.04. The first kappa shape index (κ1) is 17.5. The smallest absolute Gasteiger partial charge is 0.410 e. The predicted octanol–water partition coefficient (Wildman–Crippen LogP) is 5.02. The van der Waals surface area contributed by atoms with Crippen molar-refractivity contribution in [1.82, 2.24) is 9.88 Å². The number of benzene rings is 1. The van der Waals surface area contributed by atoms with Gasteiger partial charge in [0.05, 0.1) is 12.6 Å². The van der Waals surface area contributed by atoms with Crippen LogP contribution in [-0.2, 0) is 11.2 Å². The van der Waals surface area contributed by atoms with Crippen LogP contribution in [0.1, 0.15) is 37.6 Å². The van der Waals surface area contributed by atoms with Gasteiger partial charge in [-0.2, -0.15) is 11.8 Å². The number of nitrogens with one attached hydrogen (secondary N) is 1. The van der Waals surface area contributed by atoms with E-state index in [2.05, 4.69) is 18.2 Å². The largest absolute Gasteiger partial charge is 0.450 e. The van der Waals surface area contributed by atoms with Gasteiger partial charge in [0.15, 0.2) is 0 Å². The molecule has 1 aliphatic heterocycles. The van der Waals surface area contributed by atoms with Crippen LogP contribution in [0.2, 0.25) is 5.02 Å². The maximum atomic E-state index is 12.4. The number of carbonyl (C=O) groups is 1. The number of aromatic nitrogens is 1. The third kappa shape index (κ3) is 3.24. The van der Waals surface area contributed by atoms with Crippen LogP contribution in [0, 0.1) is 0 Å². The monoisotopic (exact) mass is 366 g/mol. The molecule has 130 valence electrons. The standard InChI is InChI=1S/C18H23ClN2O2S/c1-4-23-18(22)21-8-7-13-14-10-12(19)5-6-15(14)20-17(13)16(21)9-11(2)24-3/h5-6,10-11,16,20H,4,7-9H2,1-3H3. The minimum Gasteiger partial charge on any atom is -0.450 e. The summed E-state index contributed by atoms with van der Waals surface area (Å²) in [6, 6.07) is 5.94. The highest BCUT2D eigenvalue weighted by Gasteiger charge is 2.34. The summed E-state index contributed by atoms with van der Waals surface area (Å²) < 4.78 is 5.28. The summed E-state index contributed by atoms with van der Waals surface area (Å²) in [5.74, 6) is 0. The highest BCUT2D eigenvalue weighted by molar-refractivity contribution is 7.99. The first-order valence-corrected chi connectivity index (χ1v) is 9.97. The van der Waals surface area contributed by atoms with E-state index < -0.39 is 0 Å². The number of amides is 1. The molecule has 0 saturated carbocycles. The van der Waals surface area contributed by atoms with Crippen LogP contribution in [0.5, 0.6) is 0 Å². The van der Waals surface area contributed by atoms with Gasteiger partial charge in [0.25, 0.3) is 0 Å². The Labute approximate surface area is 151 Å². The van der Waals surface area contributed by atoms with Gasteiger partial charge < -0.3 is 9.72 Å². The van der Waals surface area contributed by atoms with E-state index in [1.165, 1.54) is 10.9 Å². The van der Waals surface area contributed by atoms with Gasteiger partial charge in [0.1, 0.15) is 0 Å². The summed E-state index contributed by atoms with van der Waals surface area (Å²) in [5.41, 5.74) is 3.50. The maximum Gasteiger partial charge on any atom is 0.410 e. The Morgan fingerprint density at radius 3 is 3.04 bits per heavy atom. The van der Waals surface area contributed by atoms with E-state index in [9.17, 15) is 4.79 Å². The van der Waals surface area contributed by atoms with Crippen molar-refractivity contribution < 1.29 is 9.53 Å². The molecule has 3 rings (SSSR count). The molecule has 0 fully saturated rings. The molecule has 0 radical (unpaired) electrons. The summed E-state index contributed by atoms with van der Waals surface area (Å²) in [7, 11) is 0. The van der Waals surface area contributed by atoms with Crippen molar-refractivity contribution in [3.05, 3.63) is 34.5 Å². The zero-order valence-corrected chi connectivity index (χ0v) is 15.8. The van der Waals surface area contributed by atoms with Gasteiger partial charge in [-0.05, 0) is 49.8 Å². The molecule has 1 N–H and O–H groups in total. The number of fused-ring (bicyclic) bond motifs is 3. The van der Waals surface area contributed by atoms with Crippen LogP contribution in [0.3, 0.4) is 0 Å². The molecule has 4 nitrogen and oxygen atoms in total. The first-order chi connectivity index (χ1) is 11.5. The van der Waals surface area contributed by atoms with Gasteiger partial charge >= 0.3 is 6.09 Å². The molecule has 1 aliphatic rings. The molecule has 2 aromatic rings. The summed E-state index contributed by atoms with van der Waals surface area (Å²) in [6.45, 7) is 5.12.